The summed E-state index contributed by atoms with van der Waals surface area (Å²) in [6, 6.07) is 0. The highest BCUT2D eigenvalue weighted by molar-refractivity contribution is 5.14. The number of rotatable bonds is 3. The standard InChI is InChI=1S/C10H17N3/c1-10(2,11)5-9-12-6-8(13-9)7-3-4-7/h6-7H,3-5,11H2,1-2H3,(H,12,13). The molecule has 0 atom stereocenters. The second kappa shape index (κ2) is 2.84. The normalized spacial score (nSPS) is 17.8. The van der Waals surface area contributed by atoms with Crippen LogP contribution in [0.1, 0.15) is 44.1 Å². The molecule has 1 aliphatic rings. The molecule has 1 heterocycles. The van der Waals surface area contributed by atoms with Crippen molar-refractivity contribution in [2.24, 2.45) is 5.73 Å². The molecule has 0 aliphatic heterocycles. The monoisotopic (exact) mass is 179 g/mol. The Bertz CT molecular complexity index is 291. The maximum absolute atomic E-state index is 5.91. The lowest BCUT2D eigenvalue weighted by molar-refractivity contribution is 0.504. The largest absolute Gasteiger partial charge is 0.346 e. The van der Waals surface area contributed by atoms with Crippen LogP contribution in [0.5, 0.6) is 0 Å². The van der Waals surface area contributed by atoms with Crippen LogP contribution in [0.15, 0.2) is 6.20 Å². The van der Waals surface area contributed by atoms with Gasteiger partial charge in [0.15, 0.2) is 0 Å². The Morgan fingerprint density at radius 3 is 2.85 bits per heavy atom. The first kappa shape index (κ1) is 8.75. The van der Waals surface area contributed by atoms with Gasteiger partial charge in [0.05, 0.1) is 0 Å². The number of nitrogens with one attached hydrogen (secondary N) is 1. The first-order valence-corrected chi connectivity index (χ1v) is 4.87. The molecule has 0 bridgehead atoms. The van der Waals surface area contributed by atoms with E-state index >= 15 is 0 Å². The summed E-state index contributed by atoms with van der Waals surface area (Å²) in [6.45, 7) is 4.04. The molecule has 0 saturated heterocycles. The second-order valence-corrected chi connectivity index (χ2v) is 4.72. The maximum atomic E-state index is 5.91. The van der Waals surface area contributed by atoms with Gasteiger partial charge in [0.2, 0.25) is 0 Å². The van der Waals surface area contributed by atoms with E-state index in [-0.39, 0.29) is 5.54 Å². The van der Waals surface area contributed by atoms with Gasteiger partial charge in [0.1, 0.15) is 5.82 Å². The summed E-state index contributed by atoms with van der Waals surface area (Å²) in [4.78, 5) is 7.67. The van der Waals surface area contributed by atoms with Crippen LogP contribution < -0.4 is 5.73 Å². The van der Waals surface area contributed by atoms with Crippen molar-refractivity contribution in [1.29, 1.82) is 0 Å². The number of hydrogen-bond donors (Lipinski definition) is 2. The van der Waals surface area contributed by atoms with E-state index < -0.39 is 0 Å². The fraction of sp³-hybridized carbons (Fsp3) is 0.700. The van der Waals surface area contributed by atoms with Gasteiger partial charge < -0.3 is 10.7 Å². The average Bonchev–Trinajstić information content (AvgIpc) is 2.72. The van der Waals surface area contributed by atoms with Gasteiger partial charge in [-0.1, -0.05) is 0 Å². The number of H-pyrrole nitrogens is 1. The fourth-order valence-corrected chi connectivity index (χ4v) is 1.50. The van der Waals surface area contributed by atoms with Gasteiger partial charge in [0, 0.05) is 29.8 Å². The highest BCUT2D eigenvalue weighted by Gasteiger charge is 2.25. The molecule has 1 aromatic heterocycles. The fourth-order valence-electron chi connectivity index (χ4n) is 1.50. The molecule has 1 fully saturated rings. The van der Waals surface area contributed by atoms with Crippen molar-refractivity contribution in [2.45, 2.75) is 44.6 Å². The minimum absolute atomic E-state index is 0.168. The molecule has 3 heteroatoms. The number of imidazole rings is 1. The minimum Gasteiger partial charge on any atom is -0.346 e. The van der Waals surface area contributed by atoms with E-state index in [4.69, 9.17) is 5.73 Å². The Kier molecular flexibility index (Phi) is 1.91. The molecule has 3 nitrogen and oxygen atoms in total. The zero-order chi connectivity index (χ0) is 9.47. The van der Waals surface area contributed by atoms with Crippen molar-refractivity contribution in [1.82, 2.24) is 9.97 Å². The van der Waals surface area contributed by atoms with Crippen LogP contribution in [-0.4, -0.2) is 15.5 Å². The van der Waals surface area contributed by atoms with E-state index in [0.717, 1.165) is 18.2 Å². The van der Waals surface area contributed by atoms with Crippen LogP contribution in [-0.2, 0) is 6.42 Å². The highest BCUT2D eigenvalue weighted by atomic mass is 14.9. The predicted octanol–water partition coefficient (Wildman–Crippen LogP) is 1.57. The molecule has 1 saturated carbocycles. The van der Waals surface area contributed by atoms with Gasteiger partial charge in [-0.25, -0.2) is 4.98 Å². The van der Waals surface area contributed by atoms with E-state index in [1.165, 1.54) is 18.5 Å². The zero-order valence-electron chi connectivity index (χ0n) is 8.30. The summed E-state index contributed by atoms with van der Waals surface area (Å²) in [5.74, 6) is 1.77. The average molecular weight is 179 g/mol. The quantitative estimate of drug-likeness (QED) is 0.740. The Labute approximate surface area is 78.7 Å². The molecule has 0 radical (unpaired) electrons. The molecule has 2 rings (SSSR count). The van der Waals surface area contributed by atoms with E-state index in [1.54, 1.807) is 0 Å². The van der Waals surface area contributed by atoms with Crippen LogP contribution in [0.25, 0.3) is 0 Å². The van der Waals surface area contributed by atoms with Gasteiger partial charge in [-0.05, 0) is 26.7 Å². The van der Waals surface area contributed by atoms with E-state index in [9.17, 15) is 0 Å². The van der Waals surface area contributed by atoms with Gasteiger partial charge in [-0.15, -0.1) is 0 Å². The minimum atomic E-state index is -0.168. The molecular weight excluding hydrogens is 162 g/mol. The molecule has 13 heavy (non-hydrogen) atoms. The van der Waals surface area contributed by atoms with Crippen molar-refractivity contribution in [3.05, 3.63) is 17.7 Å². The third-order valence-corrected chi connectivity index (χ3v) is 2.29. The zero-order valence-corrected chi connectivity index (χ0v) is 8.30. The Hall–Kier alpha value is -0.830. The van der Waals surface area contributed by atoms with Crippen molar-refractivity contribution < 1.29 is 0 Å². The van der Waals surface area contributed by atoms with Crippen molar-refractivity contribution in [3.8, 4) is 0 Å². The first-order valence-electron chi connectivity index (χ1n) is 4.87. The predicted molar refractivity (Wildman–Crippen MR) is 52.5 cm³/mol. The third-order valence-electron chi connectivity index (χ3n) is 2.29. The first-order chi connectivity index (χ1) is 6.04. The molecule has 0 amide bonds. The van der Waals surface area contributed by atoms with E-state index in [2.05, 4.69) is 9.97 Å². The van der Waals surface area contributed by atoms with Crippen LogP contribution in [0.2, 0.25) is 0 Å². The Morgan fingerprint density at radius 2 is 2.31 bits per heavy atom. The molecular formula is C10H17N3. The van der Waals surface area contributed by atoms with Gasteiger partial charge in [-0.2, -0.15) is 0 Å². The molecule has 0 unspecified atom stereocenters. The van der Waals surface area contributed by atoms with Crippen LogP contribution in [0, 0.1) is 0 Å². The molecule has 0 aromatic carbocycles. The number of hydrogen-bond acceptors (Lipinski definition) is 2. The third kappa shape index (κ3) is 2.31. The molecule has 3 N–H and O–H groups in total. The van der Waals surface area contributed by atoms with Gasteiger partial charge in [-0.3, -0.25) is 0 Å². The summed E-state index contributed by atoms with van der Waals surface area (Å²) in [6.07, 6.45) is 5.40. The number of aromatic amines is 1. The molecule has 1 aliphatic carbocycles. The molecule has 72 valence electrons. The van der Waals surface area contributed by atoms with Crippen LogP contribution in [0.4, 0.5) is 0 Å². The van der Waals surface area contributed by atoms with Crippen molar-refractivity contribution in [3.63, 3.8) is 0 Å². The maximum Gasteiger partial charge on any atom is 0.108 e. The lowest BCUT2D eigenvalue weighted by Gasteiger charge is -2.15. The number of aromatic nitrogens is 2. The van der Waals surface area contributed by atoms with Crippen LogP contribution >= 0.6 is 0 Å². The van der Waals surface area contributed by atoms with Crippen molar-refractivity contribution >= 4 is 0 Å². The van der Waals surface area contributed by atoms with Gasteiger partial charge in [0.25, 0.3) is 0 Å². The SMILES string of the molecule is CC(C)(N)Cc1ncc(C2CC2)[nH]1. The second-order valence-electron chi connectivity index (χ2n) is 4.72. The highest BCUT2D eigenvalue weighted by Crippen LogP contribution is 2.38. The molecule has 1 aromatic rings. The van der Waals surface area contributed by atoms with Crippen molar-refractivity contribution in [2.75, 3.05) is 0 Å². The number of nitrogens with two attached hydrogens (primary N) is 1. The lowest BCUT2D eigenvalue weighted by Crippen LogP contribution is -2.34. The summed E-state index contributed by atoms with van der Waals surface area (Å²) >= 11 is 0. The smallest absolute Gasteiger partial charge is 0.108 e. The van der Waals surface area contributed by atoms with E-state index in [0.29, 0.717) is 0 Å². The topological polar surface area (TPSA) is 54.7 Å². The van der Waals surface area contributed by atoms with Gasteiger partial charge >= 0.3 is 0 Å². The number of nitrogens with zero attached hydrogens (tertiary/aromatic N) is 1. The Morgan fingerprint density at radius 1 is 1.62 bits per heavy atom. The van der Waals surface area contributed by atoms with E-state index in [1.807, 2.05) is 20.0 Å². The summed E-state index contributed by atoms with van der Waals surface area (Å²) in [5.41, 5.74) is 7.03. The lowest BCUT2D eigenvalue weighted by atomic mass is 10.0. The van der Waals surface area contributed by atoms with Crippen LogP contribution in [0.3, 0.4) is 0 Å². The summed E-state index contributed by atoms with van der Waals surface area (Å²) in [5, 5.41) is 0. The summed E-state index contributed by atoms with van der Waals surface area (Å²) in [7, 11) is 0. The summed E-state index contributed by atoms with van der Waals surface area (Å²) < 4.78 is 0. The molecule has 0 spiro atoms. The Balaban J connectivity index is 2.04.